The van der Waals surface area contributed by atoms with E-state index in [0.717, 1.165) is 11.8 Å². The molecule has 42 heteroatoms. The number of carbonyl (C=O) groups excluding carboxylic acids is 16. The van der Waals surface area contributed by atoms with Crippen LogP contribution >= 0.6 is 0 Å². The van der Waals surface area contributed by atoms with Gasteiger partial charge in [0, 0.05) is 25.9 Å². The molecule has 16 amide bonds. The highest BCUT2D eigenvalue weighted by Gasteiger charge is 2.41. The lowest BCUT2D eigenvalue weighted by Gasteiger charge is -2.31. The molecule has 97 heavy (non-hydrogen) atoms. The molecule has 0 unspecified atom stereocenters. The number of likely N-dealkylation sites (tertiary alicyclic amines) is 1. The fourth-order valence-electron chi connectivity index (χ4n) is 9.33. The first-order chi connectivity index (χ1) is 45.0. The number of nitrogens with two attached hydrogens (primary N) is 8. The van der Waals surface area contributed by atoms with Crippen LogP contribution < -0.4 is 99.0 Å². The monoisotopic (exact) mass is 1380 g/mol. The van der Waals surface area contributed by atoms with Crippen molar-refractivity contribution in [3.63, 3.8) is 0 Å². The maximum Gasteiger partial charge on any atom is 0.326 e. The molecule has 0 aromatic carbocycles. The van der Waals surface area contributed by atoms with Crippen LogP contribution in [0.5, 0.6) is 0 Å². The average molecular weight is 1380 g/mol. The Labute approximate surface area is 554 Å². The second-order valence-electron chi connectivity index (χ2n) is 23.4. The van der Waals surface area contributed by atoms with Crippen LogP contribution in [0.25, 0.3) is 0 Å². The van der Waals surface area contributed by atoms with Gasteiger partial charge in [-0.15, -0.1) is 0 Å². The largest absolute Gasteiger partial charge is 0.481 e. The molecule has 0 aliphatic carbocycles. The van der Waals surface area contributed by atoms with E-state index in [1.165, 1.54) is 13.8 Å². The molecule has 0 radical (unpaired) electrons. The van der Waals surface area contributed by atoms with Crippen molar-refractivity contribution in [3.05, 3.63) is 0 Å². The van der Waals surface area contributed by atoms with Crippen molar-refractivity contribution in [2.75, 3.05) is 13.1 Å². The zero-order chi connectivity index (χ0) is 74.3. The number of carboxylic acid groups (broad SMARTS) is 3. The number of hydrogen-bond acceptors (Lipinski definition) is 21. The smallest absolute Gasteiger partial charge is 0.326 e. The van der Waals surface area contributed by atoms with Crippen molar-refractivity contribution in [1.29, 1.82) is 0 Å². The molecular formula is C55H90N20O22. The summed E-state index contributed by atoms with van der Waals surface area (Å²) in [7, 11) is 0. The van der Waals surface area contributed by atoms with Crippen molar-refractivity contribution < 1.29 is 106 Å². The molecule has 1 aliphatic rings. The molecular weight excluding hydrogens is 1290 g/mol. The number of carboxylic acids is 3. The number of aliphatic imine (C=N–C) groups is 1. The Kier molecular flexibility index (Phi) is 35.7. The summed E-state index contributed by atoms with van der Waals surface area (Å²) in [4.78, 5) is 252. The minimum atomic E-state index is -2.09. The van der Waals surface area contributed by atoms with E-state index in [2.05, 4.69) is 52.8 Å². The number of guanidine groups is 1. The second kappa shape index (κ2) is 41.1. The molecule has 0 bridgehead atoms. The van der Waals surface area contributed by atoms with Crippen LogP contribution in [-0.4, -0.2) is 224 Å². The summed E-state index contributed by atoms with van der Waals surface area (Å²) in [5, 5.41) is 50.6. The molecule has 42 nitrogen and oxygen atoms in total. The van der Waals surface area contributed by atoms with E-state index in [-0.39, 0.29) is 51.2 Å². The summed E-state index contributed by atoms with van der Waals surface area (Å²) in [6.07, 6.45) is -7.37. The average Bonchev–Trinajstić information content (AvgIpc) is 1.77. The Morgan fingerprint density at radius 2 is 0.866 bits per heavy atom. The fourth-order valence-corrected chi connectivity index (χ4v) is 9.33. The van der Waals surface area contributed by atoms with Gasteiger partial charge in [-0.3, -0.25) is 91.3 Å². The zero-order valence-electron chi connectivity index (χ0n) is 54.0. The van der Waals surface area contributed by atoms with Crippen LogP contribution in [0.2, 0.25) is 0 Å². The maximum atomic E-state index is 14.2. The van der Waals surface area contributed by atoms with Gasteiger partial charge in [0.05, 0.1) is 38.1 Å². The van der Waals surface area contributed by atoms with Gasteiger partial charge < -0.3 is 119 Å². The van der Waals surface area contributed by atoms with E-state index in [1.807, 2.05) is 5.32 Å². The first-order valence-electron chi connectivity index (χ1n) is 30.3. The molecule has 1 aliphatic heterocycles. The van der Waals surface area contributed by atoms with E-state index in [9.17, 15) is 101 Å². The first kappa shape index (κ1) is 84.2. The van der Waals surface area contributed by atoms with Crippen molar-refractivity contribution in [2.45, 2.75) is 197 Å². The van der Waals surface area contributed by atoms with Crippen molar-refractivity contribution in [2.24, 2.45) is 62.7 Å². The van der Waals surface area contributed by atoms with Crippen LogP contribution in [-0.2, 0) is 91.1 Å². The highest BCUT2D eigenvalue weighted by atomic mass is 16.4. The van der Waals surface area contributed by atoms with Crippen LogP contribution in [0, 0.1) is 11.8 Å². The molecule has 12 atom stereocenters. The minimum Gasteiger partial charge on any atom is -0.481 e. The van der Waals surface area contributed by atoms with Gasteiger partial charge in [0.25, 0.3) is 0 Å². The third-order valence-electron chi connectivity index (χ3n) is 14.2. The third kappa shape index (κ3) is 31.8. The number of hydrogen-bond donors (Lipinski definition) is 21. The summed E-state index contributed by atoms with van der Waals surface area (Å²) in [6.45, 7) is 7.03. The first-order valence-corrected chi connectivity index (χ1v) is 30.3. The quantitative estimate of drug-likeness (QED) is 0.0153. The van der Waals surface area contributed by atoms with Gasteiger partial charge in [-0.1, -0.05) is 27.7 Å². The summed E-state index contributed by atoms with van der Waals surface area (Å²) in [6, 6.07) is -20.9. The van der Waals surface area contributed by atoms with Gasteiger partial charge in [0.1, 0.15) is 66.5 Å². The predicted molar refractivity (Wildman–Crippen MR) is 332 cm³/mol. The predicted octanol–water partition coefficient (Wildman–Crippen LogP) is -10.9. The Balaban J connectivity index is 3.49. The number of primary amides is 5. The third-order valence-corrected chi connectivity index (χ3v) is 14.2. The minimum absolute atomic E-state index is 0.0380. The standard InChI is InChI=1S/C55H90N20O22/c1-22(2)16-29(47(89)67-27(11-13-40(81)82)53(95)75-15-7-9-34(75)51(93)68-28(54(96)97)8-6-14-64-55(62)63)70-45(87)26(10-12-35(57)76)66-48(90)31(19-37(59)78)69-43(85)24(5)65-46(88)30(18-36(58)77)71-49(91)32(20-38(60)79)72-50(92)33(21-39(61)80)73-52(94)42(23(3)4)74-44(86)25(56)17-41(83)84/h22-34,42H,6-21,56H2,1-5H3,(H2,57,76)(H2,58,77)(H2,59,78)(H2,60,79)(H2,61,80)(H,65,88)(H,66,90)(H,67,89)(H,68,93)(H,69,85)(H,70,87)(H,71,91)(H,72,92)(H,73,94)(H,74,86)(H,81,82)(H,83,84)(H,96,97)(H4,62,63,64)/t24-,25-,26-,27-,28-,29-,30-,31-,32-,33-,34-,42-/m0/s1. The van der Waals surface area contributed by atoms with Gasteiger partial charge in [0.2, 0.25) is 94.5 Å². The molecule has 542 valence electrons. The van der Waals surface area contributed by atoms with Gasteiger partial charge in [0.15, 0.2) is 5.96 Å². The molecule has 1 saturated heterocycles. The Morgan fingerprint density at radius 3 is 1.30 bits per heavy atom. The highest BCUT2D eigenvalue weighted by molar-refractivity contribution is 6.02. The van der Waals surface area contributed by atoms with Crippen LogP contribution in [0.15, 0.2) is 4.99 Å². The molecule has 0 spiro atoms. The molecule has 1 fully saturated rings. The Morgan fingerprint density at radius 1 is 0.443 bits per heavy atom. The van der Waals surface area contributed by atoms with E-state index in [0.29, 0.717) is 0 Å². The van der Waals surface area contributed by atoms with Crippen LogP contribution in [0.4, 0.5) is 0 Å². The maximum absolute atomic E-state index is 14.2. The molecule has 0 saturated carbocycles. The number of nitrogens with zero attached hydrogens (tertiary/aromatic N) is 2. The van der Waals surface area contributed by atoms with E-state index in [4.69, 9.17) is 51.0 Å². The van der Waals surface area contributed by atoms with Crippen LogP contribution in [0.1, 0.15) is 125 Å². The van der Waals surface area contributed by atoms with Crippen LogP contribution in [0.3, 0.4) is 0 Å². The van der Waals surface area contributed by atoms with E-state index >= 15 is 0 Å². The summed E-state index contributed by atoms with van der Waals surface area (Å²) < 4.78 is 0. The normalized spacial score (nSPS) is 15.9. The second-order valence-corrected chi connectivity index (χ2v) is 23.4. The molecule has 1 rings (SSSR count). The van der Waals surface area contributed by atoms with Gasteiger partial charge in [-0.05, 0) is 63.7 Å². The summed E-state index contributed by atoms with van der Waals surface area (Å²) >= 11 is 0. The molecule has 0 aromatic rings. The van der Waals surface area contributed by atoms with E-state index in [1.54, 1.807) is 13.8 Å². The van der Waals surface area contributed by atoms with E-state index < -0.39 is 255 Å². The number of aliphatic carboxylic acids is 3. The topological polar surface area (TPSA) is 729 Å². The van der Waals surface area contributed by atoms with Gasteiger partial charge >= 0.3 is 17.9 Å². The summed E-state index contributed by atoms with van der Waals surface area (Å²) in [5.74, 6) is -24.9. The molecule has 1 heterocycles. The number of amides is 16. The van der Waals surface area contributed by atoms with Gasteiger partial charge in [-0.2, -0.15) is 0 Å². The SMILES string of the molecule is CC(C)C[C@H](NC(=O)[C@H](CCC(N)=O)NC(=O)[C@H](CC(N)=O)NC(=O)[C@H](C)NC(=O)[C@H](CC(N)=O)NC(=O)[C@H](CC(N)=O)NC(=O)[C@H](CC(N)=O)NC(=O)[C@@H](NC(=O)[C@@H](N)CC(=O)O)C(C)C)C(=O)N[C@@H](CCC(=O)O)C(=O)N1CCC[C@H]1C(=O)N[C@@H](CCCN=C(N)N)C(=O)O. The number of rotatable bonds is 45. The lowest BCUT2D eigenvalue weighted by atomic mass is 10.0. The fraction of sp³-hybridized carbons (Fsp3) is 0.636. The molecule has 29 N–H and O–H groups in total. The number of carbonyl (C=O) groups is 19. The lowest BCUT2D eigenvalue weighted by Crippen LogP contribution is -2.61. The number of nitrogens with one attached hydrogen (secondary N) is 10. The zero-order valence-corrected chi connectivity index (χ0v) is 54.0. The Hall–Kier alpha value is -10.8. The Bertz CT molecular complexity index is 2980. The van der Waals surface area contributed by atoms with Crippen molar-refractivity contribution in [1.82, 2.24) is 58.1 Å². The lowest BCUT2D eigenvalue weighted by molar-refractivity contribution is -0.145. The van der Waals surface area contributed by atoms with Gasteiger partial charge in [-0.25, -0.2) is 4.79 Å². The van der Waals surface area contributed by atoms with Crippen molar-refractivity contribution >= 4 is 118 Å². The summed E-state index contributed by atoms with van der Waals surface area (Å²) in [5.41, 5.74) is 43.0. The highest BCUT2D eigenvalue weighted by Crippen LogP contribution is 2.21. The molecule has 0 aromatic heterocycles. The van der Waals surface area contributed by atoms with Crippen molar-refractivity contribution in [3.8, 4) is 0 Å².